The first-order valence-corrected chi connectivity index (χ1v) is 12.6. The molecule has 0 aliphatic heterocycles. The first-order valence-electron chi connectivity index (χ1n) is 12.6. The van der Waals surface area contributed by atoms with Gasteiger partial charge in [-0.1, -0.05) is 67.0 Å². The lowest BCUT2D eigenvalue weighted by Gasteiger charge is -2.16. The molecule has 2 heterocycles. The Morgan fingerprint density at radius 2 is 1.77 bits per heavy atom. The van der Waals surface area contributed by atoms with E-state index < -0.39 is 11.6 Å². The number of nitrogens with one attached hydrogen (secondary N) is 1. The summed E-state index contributed by atoms with van der Waals surface area (Å²) in [4.78, 5) is 32.6. The molecular formula is C30H27FN4O4. The molecule has 5 aromatic rings. The molecule has 0 amide bonds. The molecule has 0 aliphatic rings. The van der Waals surface area contributed by atoms with E-state index in [-0.39, 0.29) is 11.3 Å². The number of rotatable bonds is 8. The third-order valence-corrected chi connectivity index (χ3v) is 6.58. The van der Waals surface area contributed by atoms with Gasteiger partial charge < -0.3 is 4.74 Å². The third kappa shape index (κ3) is 5.16. The summed E-state index contributed by atoms with van der Waals surface area (Å²) in [7, 11) is 1.40. The first kappa shape index (κ1) is 25.8. The quantitative estimate of drug-likeness (QED) is 0.297. The van der Waals surface area contributed by atoms with Crippen LogP contribution >= 0.6 is 0 Å². The smallest absolute Gasteiger partial charge is 0.439 e. The van der Waals surface area contributed by atoms with Crippen LogP contribution in [0.3, 0.4) is 0 Å². The van der Waals surface area contributed by atoms with Crippen molar-refractivity contribution in [2.45, 2.75) is 33.1 Å². The molecule has 2 aromatic heterocycles. The topological polar surface area (TPSA) is 103 Å². The van der Waals surface area contributed by atoms with E-state index in [4.69, 9.17) is 9.72 Å². The van der Waals surface area contributed by atoms with Crippen molar-refractivity contribution in [3.8, 4) is 34.0 Å². The monoisotopic (exact) mass is 526 g/mol. The van der Waals surface area contributed by atoms with Gasteiger partial charge in [-0.15, -0.1) is 0 Å². The van der Waals surface area contributed by atoms with Gasteiger partial charge in [-0.2, -0.15) is 0 Å². The summed E-state index contributed by atoms with van der Waals surface area (Å²) in [5, 5.41) is 3.82. The molecule has 0 atom stereocenters. The molecule has 0 saturated carbocycles. The van der Waals surface area contributed by atoms with Crippen LogP contribution in [0.4, 0.5) is 4.39 Å². The molecular weight excluding hydrogens is 499 g/mol. The van der Waals surface area contributed by atoms with E-state index in [0.29, 0.717) is 35.7 Å². The normalized spacial score (nSPS) is 11.1. The van der Waals surface area contributed by atoms with Crippen molar-refractivity contribution >= 4 is 0 Å². The summed E-state index contributed by atoms with van der Waals surface area (Å²) in [5.74, 6) is -0.213. The van der Waals surface area contributed by atoms with Crippen LogP contribution in [0.15, 0.2) is 80.8 Å². The van der Waals surface area contributed by atoms with Crippen LogP contribution in [0.1, 0.15) is 36.0 Å². The summed E-state index contributed by atoms with van der Waals surface area (Å²) < 4.78 is 25.6. The lowest BCUT2D eigenvalue weighted by atomic mass is 9.96. The predicted octanol–water partition coefficient (Wildman–Crippen LogP) is 5.24. The SMILES string of the molecule is CCCc1nc(C)n(-c2ccc(OC)c(F)c2)c(=O)c1Cc1ccc(-c2ccccc2-c2noc(=O)[nH]2)cc1. The van der Waals surface area contributed by atoms with Gasteiger partial charge >= 0.3 is 5.76 Å². The summed E-state index contributed by atoms with van der Waals surface area (Å²) in [6.07, 6.45) is 1.86. The van der Waals surface area contributed by atoms with Crippen LogP contribution in [0.2, 0.25) is 0 Å². The number of methoxy groups -OCH3 is 1. The zero-order valence-electron chi connectivity index (χ0n) is 21.8. The fraction of sp³-hybridized carbons (Fsp3) is 0.200. The first-order chi connectivity index (χ1) is 18.9. The van der Waals surface area contributed by atoms with Crippen molar-refractivity contribution in [3.63, 3.8) is 0 Å². The summed E-state index contributed by atoms with van der Waals surface area (Å²) >= 11 is 0. The van der Waals surface area contributed by atoms with Gasteiger partial charge in [0.15, 0.2) is 17.4 Å². The number of aryl methyl sites for hydroxylation is 2. The highest BCUT2D eigenvalue weighted by Crippen LogP contribution is 2.30. The molecule has 5 rings (SSSR count). The van der Waals surface area contributed by atoms with E-state index in [0.717, 1.165) is 34.4 Å². The minimum atomic E-state index is -0.618. The number of aromatic nitrogens is 4. The molecule has 0 saturated heterocycles. The largest absolute Gasteiger partial charge is 0.494 e. The van der Waals surface area contributed by atoms with Crippen molar-refractivity contribution in [1.29, 1.82) is 0 Å². The minimum Gasteiger partial charge on any atom is -0.494 e. The van der Waals surface area contributed by atoms with Crippen LogP contribution < -0.4 is 16.1 Å². The lowest BCUT2D eigenvalue weighted by molar-refractivity contribution is 0.386. The number of hydrogen-bond donors (Lipinski definition) is 1. The number of aromatic amines is 1. The number of ether oxygens (including phenoxy) is 1. The Hall–Kier alpha value is -4.79. The van der Waals surface area contributed by atoms with E-state index >= 15 is 0 Å². The Morgan fingerprint density at radius 3 is 2.41 bits per heavy atom. The van der Waals surface area contributed by atoms with Crippen molar-refractivity contribution in [2.24, 2.45) is 0 Å². The Balaban J connectivity index is 1.52. The highest BCUT2D eigenvalue weighted by molar-refractivity contribution is 5.80. The number of hydrogen-bond acceptors (Lipinski definition) is 6. The molecule has 39 heavy (non-hydrogen) atoms. The Morgan fingerprint density at radius 1 is 1.03 bits per heavy atom. The molecule has 0 fully saturated rings. The highest BCUT2D eigenvalue weighted by Gasteiger charge is 2.18. The molecule has 9 heteroatoms. The van der Waals surface area contributed by atoms with Crippen LogP contribution in [-0.2, 0) is 12.8 Å². The maximum Gasteiger partial charge on any atom is 0.439 e. The van der Waals surface area contributed by atoms with Crippen molar-refractivity contribution in [1.82, 2.24) is 19.7 Å². The van der Waals surface area contributed by atoms with E-state index in [1.165, 1.54) is 23.8 Å². The number of halogens is 1. The molecule has 0 aliphatic carbocycles. The van der Waals surface area contributed by atoms with Crippen molar-refractivity contribution in [2.75, 3.05) is 7.11 Å². The average Bonchev–Trinajstić information content (AvgIpc) is 3.37. The molecule has 1 N–H and O–H groups in total. The summed E-state index contributed by atoms with van der Waals surface area (Å²) in [6.45, 7) is 3.79. The van der Waals surface area contributed by atoms with Gasteiger partial charge in [0.05, 0.1) is 18.5 Å². The van der Waals surface area contributed by atoms with Crippen LogP contribution in [-0.4, -0.2) is 26.8 Å². The van der Waals surface area contributed by atoms with Gasteiger partial charge in [-0.25, -0.2) is 14.2 Å². The van der Waals surface area contributed by atoms with Crippen LogP contribution in [0.25, 0.3) is 28.2 Å². The summed E-state index contributed by atoms with van der Waals surface area (Å²) in [5.41, 5.74) is 4.95. The van der Waals surface area contributed by atoms with Gasteiger partial charge in [-0.05, 0) is 42.2 Å². The fourth-order valence-corrected chi connectivity index (χ4v) is 4.73. The van der Waals surface area contributed by atoms with Gasteiger partial charge in [0.1, 0.15) is 5.82 Å². The predicted molar refractivity (Wildman–Crippen MR) is 146 cm³/mol. The zero-order valence-corrected chi connectivity index (χ0v) is 21.8. The molecule has 0 bridgehead atoms. The number of nitrogens with zero attached hydrogens (tertiary/aromatic N) is 3. The van der Waals surface area contributed by atoms with Gasteiger partial charge in [0, 0.05) is 23.6 Å². The van der Waals surface area contributed by atoms with Crippen molar-refractivity contribution < 1.29 is 13.7 Å². The van der Waals surface area contributed by atoms with E-state index in [1.54, 1.807) is 13.0 Å². The maximum absolute atomic E-state index is 14.5. The second kappa shape index (κ2) is 10.9. The second-order valence-corrected chi connectivity index (χ2v) is 9.16. The van der Waals surface area contributed by atoms with Crippen molar-refractivity contribution in [3.05, 3.63) is 116 Å². The molecule has 8 nitrogen and oxygen atoms in total. The molecule has 0 spiro atoms. The van der Waals surface area contributed by atoms with Crippen LogP contribution in [0.5, 0.6) is 5.75 Å². The van der Waals surface area contributed by atoms with E-state index in [2.05, 4.69) is 14.7 Å². The lowest BCUT2D eigenvalue weighted by Crippen LogP contribution is -2.28. The highest BCUT2D eigenvalue weighted by atomic mass is 19.1. The zero-order chi connectivity index (χ0) is 27.5. The molecule has 0 unspecified atom stereocenters. The Bertz CT molecular complexity index is 1750. The van der Waals surface area contributed by atoms with Crippen LogP contribution in [0, 0.1) is 12.7 Å². The Kier molecular flexibility index (Phi) is 7.23. The van der Waals surface area contributed by atoms with Gasteiger partial charge in [0.25, 0.3) is 5.56 Å². The minimum absolute atomic E-state index is 0.108. The number of H-pyrrole nitrogens is 1. The summed E-state index contributed by atoms with van der Waals surface area (Å²) in [6, 6.07) is 19.8. The maximum atomic E-state index is 14.5. The van der Waals surface area contributed by atoms with Gasteiger partial charge in [0.2, 0.25) is 0 Å². The second-order valence-electron chi connectivity index (χ2n) is 9.16. The molecule has 3 aromatic carbocycles. The average molecular weight is 527 g/mol. The Labute approximate surface area is 223 Å². The van der Waals surface area contributed by atoms with E-state index in [1.807, 2.05) is 55.5 Å². The molecule has 0 radical (unpaired) electrons. The van der Waals surface area contributed by atoms with E-state index in [9.17, 15) is 14.0 Å². The number of benzene rings is 3. The third-order valence-electron chi connectivity index (χ3n) is 6.58. The molecule has 198 valence electrons. The fourth-order valence-electron chi connectivity index (χ4n) is 4.73. The standard InChI is InChI=1S/C30H27FN4O4/c1-4-7-26-24(29(36)35(18(2)32-26)21-14-15-27(38-3)25(31)17-21)16-19-10-12-20(13-11-19)22-8-5-6-9-23(22)28-33-30(37)39-34-28/h5-6,8-15,17H,4,7,16H2,1-3H3,(H,33,34,37). The van der Waals surface area contributed by atoms with Gasteiger partial charge in [-0.3, -0.25) is 18.9 Å².